The van der Waals surface area contributed by atoms with Gasteiger partial charge in [-0.2, -0.15) is 0 Å². The van der Waals surface area contributed by atoms with Crippen LogP contribution in [0.2, 0.25) is 0 Å². The number of hydrogen-bond donors (Lipinski definition) is 1. The van der Waals surface area contributed by atoms with Gasteiger partial charge in [-0.1, -0.05) is 6.07 Å². The van der Waals surface area contributed by atoms with Gasteiger partial charge in [0.15, 0.2) is 0 Å². The van der Waals surface area contributed by atoms with Crippen LogP contribution >= 0.6 is 0 Å². The fourth-order valence-electron chi connectivity index (χ4n) is 1.48. The van der Waals surface area contributed by atoms with Crippen LogP contribution in [0.25, 0.3) is 0 Å². The highest BCUT2D eigenvalue weighted by molar-refractivity contribution is 5.26. The summed E-state index contributed by atoms with van der Waals surface area (Å²) in [5.41, 5.74) is 2.12. The number of benzene rings is 1. The molecule has 15 heavy (non-hydrogen) atoms. The van der Waals surface area contributed by atoms with Gasteiger partial charge in [-0.15, -0.1) is 0 Å². The van der Waals surface area contributed by atoms with Crippen LogP contribution in [0, 0.1) is 12.7 Å². The van der Waals surface area contributed by atoms with Crippen molar-refractivity contribution in [3.05, 3.63) is 35.1 Å². The highest BCUT2D eigenvalue weighted by atomic mass is 19.1. The van der Waals surface area contributed by atoms with E-state index in [0.29, 0.717) is 13.0 Å². The molecule has 0 fully saturated rings. The third-order valence-corrected chi connectivity index (χ3v) is 2.36. The normalized spacial score (nSPS) is 10.6. The molecule has 1 aromatic rings. The summed E-state index contributed by atoms with van der Waals surface area (Å²) in [6.45, 7) is 3.14. The molecule has 3 heteroatoms. The molecular weight excluding hydrogens is 196 g/mol. The van der Waals surface area contributed by atoms with Crippen molar-refractivity contribution in [3.63, 3.8) is 0 Å². The highest BCUT2D eigenvalue weighted by Crippen LogP contribution is 2.10. The minimum absolute atomic E-state index is 0.193. The van der Waals surface area contributed by atoms with E-state index in [4.69, 9.17) is 0 Å². The van der Waals surface area contributed by atoms with E-state index in [2.05, 4.69) is 5.32 Å². The molecule has 84 valence electrons. The summed E-state index contributed by atoms with van der Waals surface area (Å²) in [5.74, 6) is -0.193. The SMILES string of the molecule is Cc1cc(F)ccc1CCNCCCF. The van der Waals surface area contributed by atoms with Gasteiger partial charge in [-0.25, -0.2) is 4.39 Å². The molecule has 0 unspecified atom stereocenters. The average Bonchev–Trinajstić information content (AvgIpc) is 2.20. The van der Waals surface area contributed by atoms with Gasteiger partial charge in [0.2, 0.25) is 0 Å². The first-order valence-electron chi connectivity index (χ1n) is 5.25. The summed E-state index contributed by atoms with van der Waals surface area (Å²) >= 11 is 0. The first-order valence-corrected chi connectivity index (χ1v) is 5.25. The molecule has 1 aromatic carbocycles. The van der Waals surface area contributed by atoms with Crippen LogP contribution in [0.15, 0.2) is 18.2 Å². The number of rotatable bonds is 6. The van der Waals surface area contributed by atoms with Crippen LogP contribution in [-0.2, 0) is 6.42 Å². The molecule has 0 radical (unpaired) electrons. The maximum absolute atomic E-state index is 12.8. The van der Waals surface area contributed by atoms with Crippen LogP contribution in [0.3, 0.4) is 0 Å². The van der Waals surface area contributed by atoms with E-state index < -0.39 is 0 Å². The summed E-state index contributed by atoms with van der Waals surface area (Å²) in [6, 6.07) is 4.82. The molecule has 0 saturated carbocycles. The number of halogens is 2. The zero-order valence-corrected chi connectivity index (χ0v) is 9.02. The lowest BCUT2D eigenvalue weighted by molar-refractivity contribution is 0.460. The van der Waals surface area contributed by atoms with E-state index >= 15 is 0 Å². The van der Waals surface area contributed by atoms with Crippen molar-refractivity contribution in [2.75, 3.05) is 19.8 Å². The van der Waals surface area contributed by atoms with E-state index in [-0.39, 0.29) is 12.5 Å². The predicted molar refractivity (Wildman–Crippen MR) is 58.3 cm³/mol. The molecule has 1 nitrogen and oxygen atoms in total. The molecule has 0 atom stereocenters. The first kappa shape index (κ1) is 12.1. The summed E-state index contributed by atoms with van der Waals surface area (Å²) in [6.07, 6.45) is 1.42. The Morgan fingerprint density at radius 3 is 2.73 bits per heavy atom. The topological polar surface area (TPSA) is 12.0 Å². The van der Waals surface area contributed by atoms with Crippen LogP contribution < -0.4 is 5.32 Å². The Balaban J connectivity index is 2.31. The summed E-state index contributed by atoms with van der Waals surface area (Å²) in [5, 5.41) is 3.14. The van der Waals surface area contributed by atoms with Crippen molar-refractivity contribution >= 4 is 0 Å². The summed E-state index contributed by atoms with van der Waals surface area (Å²) in [4.78, 5) is 0. The lowest BCUT2D eigenvalue weighted by Gasteiger charge is -2.06. The molecule has 1 rings (SSSR count). The molecule has 0 aliphatic rings. The molecule has 0 aliphatic carbocycles. The molecule has 0 heterocycles. The maximum Gasteiger partial charge on any atom is 0.123 e. The van der Waals surface area contributed by atoms with Gasteiger partial charge in [-0.05, 0) is 56.1 Å². The average molecular weight is 213 g/mol. The Bertz CT molecular complexity index is 300. The van der Waals surface area contributed by atoms with E-state index in [1.165, 1.54) is 12.1 Å². The molecular formula is C12H17F2N. The second kappa shape index (κ2) is 6.51. The van der Waals surface area contributed by atoms with Crippen molar-refractivity contribution in [1.82, 2.24) is 5.32 Å². The molecule has 1 N–H and O–H groups in total. The van der Waals surface area contributed by atoms with E-state index in [1.54, 1.807) is 0 Å². The number of hydrogen-bond acceptors (Lipinski definition) is 1. The largest absolute Gasteiger partial charge is 0.316 e. The number of alkyl halides is 1. The fourth-order valence-corrected chi connectivity index (χ4v) is 1.48. The lowest BCUT2D eigenvalue weighted by Crippen LogP contribution is -2.19. The van der Waals surface area contributed by atoms with Gasteiger partial charge in [0.05, 0.1) is 6.67 Å². The van der Waals surface area contributed by atoms with Gasteiger partial charge in [0.1, 0.15) is 5.82 Å². The second-order valence-corrected chi connectivity index (χ2v) is 3.61. The minimum atomic E-state index is -0.275. The van der Waals surface area contributed by atoms with Crippen LogP contribution in [-0.4, -0.2) is 19.8 Å². The van der Waals surface area contributed by atoms with Crippen molar-refractivity contribution in [3.8, 4) is 0 Å². The zero-order valence-electron chi connectivity index (χ0n) is 9.02. The third-order valence-electron chi connectivity index (χ3n) is 2.36. The van der Waals surface area contributed by atoms with Crippen molar-refractivity contribution in [1.29, 1.82) is 0 Å². The van der Waals surface area contributed by atoms with Crippen LogP contribution in [0.4, 0.5) is 8.78 Å². The first-order chi connectivity index (χ1) is 7.24. The highest BCUT2D eigenvalue weighted by Gasteiger charge is 1.99. The minimum Gasteiger partial charge on any atom is -0.316 e. The smallest absolute Gasteiger partial charge is 0.123 e. The Morgan fingerprint density at radius 2 is 2.07 bits per heavy atom. The van der Waals surface area contributed by atoms with Gasteiger partial charge in [0.25, 0.3) is 0 Å². The molecule has 0 saturated heterocycles. The molecule has 0 aromatic heterocycles. The van der Waals surface area contributed by atoms with Crippen LogP contribution in [0.5, 0.6) is 0 Å². The predicted octanol–water partition coefficient (Wildman–Crippen LogP) is 2.63. The molecule has 0 amide bonds. The van der Waals surface area contributed by atoms with E-state index in [0.717, 1.165) is 24.1 Å². The van der Waals surface area contributed by atoms with E-state index in [1.807, 2.05) is 13.0 Å². The van der Waals surface area contributed by atoms with Gasteiger partial charge in [-0.3, -0.25) is 4.39 Å². The maximum atomic E-state index is 12.8. The van der Waals surface area contributed by atoms with Crippen LogP contribution in [0.1, 0.15) is 17.5 Å². The Hall–Kier alpha value is -0.960. The van der Waals surface area contributed by atoms with Crippen molar-refractivity contribution in [2.45, 2.75) is 19.8 Å². The zero-order chi connectivity index (χ0) is 11.1. The Labute approximate surface area is 89.5 Å². The molecule has 0 spiro atoms. The van der Waals surface area contributed by atoms with Gasteiger partial charge in [0, 0.05) is 0 Å². The fraction of sp³-hybridized carbons (Fsp3) is 0.500. The van der Waals surface area contributed by atoms with Crippen molar-refractivity contribution < 1.29 is 8.78 Å². The lowest BCUT2D eigenvalue weighted by atomic mass is 10.1. The quantitative estimate of drug-likeness (QED) is 0.716. The monoisotopic (exact) mass is 213 g/mol. The van der Waals surface area contributed by atoms with E-state index in [9.17, 15) is 8.78 Å². The molecule has 0 bridgehead atoms. The standard InChI is InChI=1S/C12H17F2N/c1-10-9-12(14)4-3-11(10)5-8-15-7-2-6-13/h3-4,9,15H,2,5-8H2,1H3. The molecule has 0 aliphatic heterocycles. The van der Waals surface area contributed by atoms with Gasteiger partial charge < -0.3 is 5.32 Å². The van der Waals surface area contributed by atoms with Crippen molar-refractivity contribution in [2.24, 2.45) is 0 Å². The Kier molecular flexibility index (Phi) is 5.26. The number of nitrogens with one attached hydrogen (secondary N) is 1. The number of aryl methyl sites for hydroxylation is 1. The second-order valence-electron chi connectivity index (χ2n) is 3.61. The third kappa shape index (κ3) is 4.38. The summed E-state index contributed by atoms with van der Waals surface area (Å²) in [7, 11) is 0. The van der Waals surface area contributed by atoms with Gasteiger partial charge >= 0.3 is 0 Å². The summed E-state index contributed by atoms with van der Waals surface area (Å²) < 4.78 is 24.5. The Morgan fingerprint density at radius 1 is 1.27 bits per heavy atom.